The van der Waals surface area contributed by atoms with E-state index < -0.39 is 36.0 Å². The van der Waals surface area contributed by atoms with Gasteiger partial charge >= 0.3 is 12.1 Å². The van der Waals surface area contributed by atoms with Crippen molar-refractivity contribution >= 4 is 52.1 Å². The Morgan fingerprint density at radius 2 is 1.66 bits per heavy atom. The highest BCUT2D eigenvalue weighted by atomic mass is 16.6. The summed E-state index contributed by atoms with van der Waals surface area (Å²) in [5.74, 6) is -2.15. The SMILES string of the molecule is CCNC(=O)C(=N)N(C(=N)c1cc(C(C)C)c(O)cc1O)c1ccc(OC2CCN(C(=O)C3CCCN3C(=O)Oc3ccc4nc5c(c(CC)c4c3)Cn3c-5cc4c(c3=O)COC(=O)C4OC)CC2)cc1. The molecule has 5 aromatic rings. The monoisotopic (exact) mass is 968 g/mol. The summed E-state index contributed by atoms with van der Waals surface area (Å²) in [5, 5.41) is 42.3. The van der Waals surface area contributed by atoms with Gasteiger partial charge in [0, 0.05) is 74.4 Å². The second-order valence-corrected chi connectivity index (χ2v) is 18.4. The van der Waals surface area contributed by atoms with Gasteiger partial charge in [0.15, 0.2) is 11.9 Å². The van der Waals surface area contributed by atoms with E-state index in [4.69, 9.17) is 34.7 Å². The Kier molecular flexibility index (Phi) is 13.3. The Morgan fingerprint density at radius 3 is 2.35 bits per heavy atom. The van der Waals surface area contributed by atoms with Gasteiger partial charge in [-0.15, -0.1) is 0 Å². The van der Waals surface area contributed by atoms with Crippen LogP contribution in [-0.2, 0) is 43.4 Å². The number of amides is 3. The molecule has 4 aliphatic rings. The van der Waals surface area contributed by atoms with Gasteiger partial charge in [-0.25, -0.2) is 14.6 Å². The molecule has 0 spiro atoms. The van der Waals surface area contributed by atoms with Gasteiger partial charge in [-0.2, -0.15) is 0 Å². The molecule has 2 saturated heterocycles. The number of amidine groups is 2. The molecule has 2 atom stereocenters. The minimum atomic E-state index is -1.01. The van der Waals surface area contributed by atoms with Crippen molar-refractivity contribution in [2.24, 2.45) is 0 Å². The van der Waals surface area contributed by atoms with Gasteiger partial charge in [0.05, 0.1) is 34.6 Å². The zero-order valence-corrected chi connectivity index (χ0v) is 40.2. The number of anilines is 1. The summed E-state index contributed by atoms with van der Waals surface area (Å²) < 4.78 is 24.6. The Hall–Kier alpha value is -7.80. The van der Waals surface area contributed by atoms with Gasteiger partial charge in [0.2, 0.25) is 5.91 Å². The third-order valence-corrected chi connectivity index (χ3v) is 13.8. The van der Waals surface area contributed by atoms with Gasteiger partial charge in [-0.05, 0) is 97.8 Å². The van der Waals surface area contributed by atoms with Crippen LogP contribution in [0.4, 0.5) is 10.5 Å². The fourth-order valence-electron chi connectivity index (χ4n) is 10.1. The van der Waals surface area contributed by atoms with E-state index in [2.05, 4.69) is 5.32 Å². The Bertz CT molecular complexity index is 3070. The lowest BCUT2D eigenvalue weighted by Crippen LogP contribution is -2.51. The molecule has 71 heavy (non-hydrogen) atoms. The number of phenolic OH excluding ortho intramolecular Hbond substituents is 2. The molecule has 19 nitrogen and oxygen atoms in total. The van der Waals surface area contributed by atoms with Crippen molar-refractivity contribution in [1.29, 1.82) is 10.8 Å². The molecule has 5 N–H and O–H groups in total. The highest BCUT2D eigenvalue weighted by Gasteiger charge is 2.40. The van der Waals surface area contributed by atoms with E-state index in [0.29, 0.717) is 103 Å². The van der Waals surface area contributed by atoms with Crippen molar-refractivity contribution in [3.05, 3.63) is 104 Å². The summed E-state index contributed by atoms with van der Waals surface area (Å²) in [6.45, 7) is 9.02. The normalized spacial score (nSPS) is 17.4. The van der Waals surface area contributed by atoms with Crippen LogP contribution in [0.15, 0.2) is 65.5 Å². The number of aromatic nitrogens is 2. The first kappa shape index (κ1) is 48.2. The molecule has 0 bridgehead atoms. The maximum absolute atomic E-state index is 14.0. The topological polar surface area (TPSA) is 250 Å². The molecule has 2 unspecified atom stereocenters. The van der Waals surface area contributed by atoms with Crippen LogP contribution in [0.2, 0.25) is 0 Å². The number of fused-ring (bicyclic) bond motifs is 5. The van der Waals surface area contributed by atoms with Gasteiger partial charge < -0.3 is 43.9 Å². The van der Waals surface area contributed by atoms with E-state index >= 15 is 0 Å². The summed E-state index contributed by atoms with van der Waals surface area (Å²) in [7, 11) is 1.40. The third-order valence-electron chi connectivity index (χ3n) is 13.8. The van der Waals surface area contributed by atoms with Crippen molar-refractivity contribution in [2.45, 2.75) is 97.1 Å². The molecule has 2 fully saturated rings. The van der Waals surface area contributed by atoms with Crippen LogP contribution in [0.25, 0.3) is 22.3 Å². The summed E-state index contributed by atoms with van der Waals surface area (Å²) >= 11 is 0. The quantitative estimate of drug-likeness (QED) is 0.0580. The van der Waals surface area contributed by atoms with Crippen LogP contribution in [0.5, 0.6) is 23.0 Å². The van der Waals surface area contributed by atoms with Gasteiger partial charge in [0.1, 0.15) is 47.6 Å². The lowest BCUT2D eigenvalue weighted by atomic mass is 9.97. The average Bonchev–Trinajstić information content (AvgIpc) is 4.00. The summed E-state index contributed by atoms with van der Waals surface area (Å²) in [5.41, 5.74) is 5.11. The predicted molar refractivity (Wildman–Crippen MR) is 261 cm³/mol. The molecular formula is C52H56N8O11. The first-order chi connectivity index (χ1) is 34.1. The van der Waals surface area contributed by atoms with Crippen molar-refractivity contribution in [1.82, 2.24) is 24.7 Å². The number of likely N-dealkylation sites (N-methyl/N-ethyl adjacent to an activating group) is 1. The minimum absolute atomic E-state index is 0.0310. The van der Waals surface area contributed by atoms with Crippen LogP contribution in [-0.4, -0.2) is 111 Å². The van der Waals surface area contributed by atoms with Gasteiger partial charge in [-0.3, -0.25) is 35.0 Å². The van der Waals surface area contributed by atoms with E-state index in [1.54, 1.807) is 64.9 Å². The number of aryl methyl sites for hydroxylation is 1. The molecule has 9 rings (SSSR count). The number of benzene rings is 3. The molecule has 0 radical (unpaired) electrons. The van der Waals surface area contributed by atoms with Crippen LogP contribution in [0.3, 0.4) is 0 Å². The molecule has 2 aromatic heterocycles. The Labute approximate surface area is 408 Å². The van der Waals surface area contributed by atoms with Crippen LogP contribution in [0.1, 0.15) is 98.8 Å². The van der Waals surface area contributed by atoms with Crippen LogP contribution < -0.4 is 25.2 Å². The number of carbonyl (C=O) groups excluding carboxylic acids is 4. The number of carbonyl (C=O) groups is 4. The fraction of sp³-hybridized carbons (Fsp3) is 0.385. The first-order valence-corrected chi connectivity index (χ1v) is 23.9. The molecule has 19 heteroatoms. The van der Waals surface area contributed by atoms with E-state index in [-0.39, 0.29) is 66.1 Å². The molecular weight excluding hydrogens is 913 g/mol. The number of aromatic hydroxyl groups is 2. The van der Waals surface area contributed by atoms with Crippen molar-refractivity contribution in [3.63, 3.8) is 0 Å². The number of nitrogens with zero attached hydrogens (tertiary/aromatic N) is 5. The van der Waals surface area contributed by atoms with Crippen molar-refractivity contribution in [3.8, 4) is 34.4 Å². The number of piperidine rings is 1. The van der Waals surface area contributed by atoms with Crippen molar-refractivity contribution in [2.75, 3.05) is 38.2 Å². The number of likely N-dealkylation sites (tertiary alicyclic amines) is 2. The Balaban J connectivity index is 0.841. The highest BCUT2D eigenvalue weighted by Crippen LogP contribution is 2.40. The number of rotatable bonds is 10. The number of ether oxygens (including phenoxy) is 4. The molecule has 3 amide bonds. The molecule has 0 saturated carbocycles. The second-order valence-electron chi connectivity index (χ2n) is 18.4. The summed E-state index contributed by atoms with van der Waals surface area (Å²) in [4.78, 5) is 76.3. The smallest absolute Gasteiger partial charge is 0.415 e. The maximum atomic E-state index is 14.0. The predicted octanol–water partition coefficient (Wildman–Crippen LogP) is 6.25. The molecule has 4 aliphatic heterocycles. The van der Waals surface area contributed by atoms with Crippen LogP contribution >= 0.6 is 0 Å². The van der Waals surface area contributed by atoms with Gasteiger partial charge in [0.25, 0.3) is 11.5 Å². The lowest BCUT2D eigenvalue weighted by molar-refractivity contribution is -0.159. The number of cyclic esters (lactones) is 1. The molecule has 3 aromatic carbocycles. The first-order valence-electron chi connectivity index (χ1n) is 23.9. The third kappa shape index (κ3) is 8.89. The van der Waals surface area contributed by atoms with E-state index in [9.17, 15) is 34.2 Å². The van der Waals surface area contributed by atoms with Gasteiger partial charge in [-0.1, -0.05) is 20.8 Å². The zero-order valence-electron chi connectivity index (χ0n) is 40.2. The van der Waals surface area contributed by atoms with Crippen molar-refractivity contribution < 1.29 is 48.3 Å². The summed E-state index contributed by atoms with van der Waals surface area (Å²) in [6, 6.07) is 15.5. The van der Waals surface area contributed by atoms with E-state index in [0.717, 1.165) is 27.5 Å². The second kappa shape index (κ2) is 19.5. The number of hydrogen-bond donors (Lipinski definition) is 5. The largest absolute Gasteiger partial charge is 0.508 e. The molecule has 0 aliphatic carbocycles. The highest BCUT2D eigenvalue weighted by molar-refractivity contribution is 6.48. The zero-order chi connectivity index (χ0) is 50.4. The average molecular weight is 969 g/mol. The Morgan fingerprint density at radius 1 is 0.930 bits per heavy atom. The number of nitrogens with one attached hydrogen (secondary N) is 3. The number of methoxy groups -OCH3 is 1. The lowest BCUT2D eigenvalue weighted by Gasteiger charge is -2.35. The van der Waals surface area contributed by atoms with Crippen LogP contribution in [0, 0.1) is 10.8 Å². The molecule has 6 heterocycles. The summed E-state index contributed by atoms with van der Waals surface area (Å²) in [6.07, 6.45) is 0.925. The minimum Gasteiger partial charge on any atom is -0.508 e. The fourth-order valence-corrected chi connectivity index (χ4v) is 10.1. The maximum Gasteiger partial charge on any atom is 0.415 e. The number of esters is 1. The molecule has 370 valence electrons. The number of phenols is 2. The number of pyridine rings is 2. The van der Waals surface area contributed by atoms with E-state index in [1.165, 1.54) is 18.1 Å². The van der Waals surface area contributed by atoms with E-state index in [1.807, 2.05) is 20.8 Å². The number of hydrogen-bond acceptors (Lipinski definition) is 14. The standard InChI is InChI=1S/C52H56N8O11/c1-6-32-34-21-31(14-15-39(34)56-44-37(32)25-59-41(44)23-35-38(49(59)64)26-69-51(66)45(35)68-5)71-52(67)58-18-8-9-40(58)50(65)57-19-16-30(17-20-57)70-29-12-10-28(11-13-29)60(47(54)48(63)55-7-2)46(53)36-22-33(27(3)4)42(61)24-43(36)62/h10-15,21-24,27,30,40,45,53-54,61-62H,6-9,16-20,25-26H2,1-5H3,(H,55,63).